The van der Waals surface area contributed by atoms with Crippen LogP contribution in [0.25, 0.3) is 0 Å². The normalized spacial score (nSPS) is 11.9. The topological polar surface area (TPSA) is 78.9 Å². The molecule has 0 heterocycles. The van der Waals surface area contributed by atoms with Crippen LogP contribution < -0.4 is 0 Å². The third kappa shape index (κ3) is 29.9. The van der Waals surface area contributed by atoms with Crippen molar-refractivity contribution in [2.75, 3.05) is 13.2 Å². The predicted molar refractivity (Wildman–Crippen MR) is 173 cm³/mol. The van der Waals surface area contributed by atoms with E-state index in [-0.39, 0.29) is 31.1 Å². The second kappa shape index (κ2) is 30.9. The minimum absolute atomic E-state index is 0.0675. The van der Waals surface area contributed by atoms with Crippen LogP contribution in [0.1, 0.15) is 188 Å². The second-order valence-corrected chi connectivity index (χ2v) is 12.6. The largest absolute Gasteiger partial charge is 0.462 e. The molecular weight excluding hydrogens is 528 g/mol. The molecule has 0 amide bonds. The summed E-state index contributed by atoms with van der Waals surface area (Å²) in [4.78, 5) is 37.0. The maximum Gasteiger partial charge on any atom is 0.306 e. The average molecular weight is 597 g/mol. The van der Waals surface area contributed by atoms with Crippen LogP contribution in [0.4, 0.5) is 0 Å². The average Bonchev–Trinajstić information content (AvgIpc) is 2.96. The Bertz CT molecular complexity index is 632. The van der Waals surface area contributed by atoms with Gasteiger partial charge >= 0.3 is 17.9 Å². The van der Waals surface area contributed by atoms with E-state index in [0.717, 1.165) is 70.1 Å². The van der Waals surface area contributed by atoms with Crippen molar-refractivity contribution in [3.63, 3.8) is 0 Å². The van der Waals surface area contributed by atoms with Gasteiger partial charge in [-0.1, -0.05) is 150 Å². The van der Waals surface area contributed by atoms with Crippen molar-refractivity contribution in [1.82, 2.24) is 0 Å². The van der Waals surface area contributed by atoms with E-state index >= 15 is 0 Å². The fourth-order valence-corrected chi connectivity index (χ4v) is 5.04. The van der Waals surface area contributed by atoms with E-state index in [9.17, 15) is 14.4 Å². The quantitative estimate of drug-likeness (QED) is 0.0450. The lowest BCUT2D eigenvalue weighted by molar-refractivity contribution is -0.167. The molecule has 0 bridgehead atoms. The minimum Gasteiger partial charge on any atom is -0.462 e. The molecule has 0 aromatic carbocycles. The minimum atomic E-state index is -0.755. The van der Waals surface area contributed by atoms with Gasteiger partial charge in [-0.05, 0) is 25.2 Å². The maximum absolute atomic E-state index is 12.4. The number of hydrogen-bond donors (Lipinski definition) is 0. The van der Waals surface area contributed by atoms with Crippen molar-refractivity contribution < 1.29 is 28.6 Å². The number of unbranched alkanes of at least 4 members (excludes halogenated alkanes) is 18. The first-order valence-corrected chi connectivity index (χ1v) is 17.9. The summed E-state index contributed by atoms with van der Waals surface area (Å²) in [7, 11) is 0. The number of carbonyl (C=O) groups is 3. The van der Waals surface area contributed by atoms with Gasteiger partial charge in [0.2, 0.25) is 0 Å². The highest BCUT2D eigenvalue weighted by atomic mass is 16.6. The molecule has 0 aliphatic rings. The van der Waals surface area contributed by atoms with Crippen molar-refractivity contribution in [2.24, 2.45) is 5.92 Å². The van der Waals surface area contributed by atoms with Gasteiger partial charge in [-0.15, -0.1) is 0 Å². The van der Waals surface area contributed by atoms with Gasteiger partial charge < -0.3 is 14.2 Å². The van der Waals surface area contributed by atoms with Gasteiger partial charge in [0, 0.05) is 19.3 Å². The fraction of sp³-hybridized carbons (Fsp3) is 0.917. The molecule has 0 aromatic heterocycles. The molecule has 0 radical (unpaired) electrons. The van der Waals surface area contributed by atoms with Crippen LogP contribution in [0.2, 0.25) is 0 Å². The first-order valence-electron chi connectivity index (χ1n) is 17.9. The summed E-state index contributed by atoms with van der Waals surface area (Å²) in [5.74, 6) is -0.107. The van der Waals surface area contributed by atoms with Gasteiger partial charge in [-0.3, -0.25) is 14.4 Å². The monoisotopic (exact) mass is 597 g/mol. The summed E-state index contributed by atoms with van der Waals surface area (Å²) >= 11 is 0. The Hall–Kier alpha value is -1.59. The summed E-state index contributed by atoms with van der Waals surface area (Å²) in [5.41, 5.74) is 0. The van der Waals surface area contributed by atoms with Crippen LogP contribution in [-0.2, 0) is 28.6 Å². The second-order valence-electron chi connectivity index (χ2n) is 12.6. The Morgan fingerprint density at radius 2 is 0.786 bits per heavy atom. The molecule has 0 unspecified atom stereocenters. The third-order valence-corrected chi connectivity index (χ3v) is 7.79. The summed E-state index contributed by atoms with van der Waals surface area (Å²) in [6.45, 7) is 8.79. The zero-order chi connectivity index (χ0) is 31.1. The third-order valence-electron chi connectivity index (χ3n) is 7.79. The lowest BCUT2D eigenvalue weighted by Gasteiger charge is -2.18. The number of carbonyl (C=O) groups excluding carboxylic acids is 3. The van der Waals surface area contributed by atoms with Crippen molar-refractivity contribution in [3.05, 3.63) is 0 Å². The van der Waals surface area contributed by atoms with E-state index in [1.807, 2.05) is 0 Å². The van der Waals surface area contributed by atoms with Crippen LogP contribution in [0, 0.1) is 5.92 Å². The molecule has 0 fully saturated rings. The Kier molecular flexibility index (Phi) is 29.7. The standard InChI is InChI=1S/C36H68O6/c1-5-7-9-11-12-13-16-20-23-27-34(37)40-30-33(42-36(39)29-25-18-10-8-6-2)31-41-35(38)28-24-21-17-14-15-19-22-26-32(3)4/h32-33H,5-31H2,1-4H3/t33-/m0/s1. The van der Waals surface area contributed by atoms with Gasteiger partial charge in [0.25, 0.3) is 0 Å². The predicted octanol–water partition coefficient (Wildman–Crippen LogP) is 10.4. The number of esters is 3. The summed E-state index contributed by atoms with van der Waals surface area (Å²) in [6, 6.07) is 0. The molecule has 1 atom stereocenters. The number of rotatable bonds is 31. The van der Waals surface area contributed by atoms with Crippen LogP contribution in [-0.4, -0.2) is 37.2 Å². The summed E-state index contributed by atoms with van der Waals surface area (Å²) in [5, 5.41) is 0. The molecule has 0 aromatic rings. The first-order chi connectivity index (χ1) is 20.4. The molecular formula is C36H68O6. The van der Waals surface area contributed by atoms with E-state index < -0.39 is 6.10 Å². The van der Waals surface area contributed by atoms with E-state index in [2.05, 4.69) is 27.7 Å². The Morgan fingerprint density at radius 3 is 1.17 bits per heavy atom. The van der Waals surface area contributed by atoms with Crippen molar-refractivity contribution in [3.8, 4) is 0 Å². The molecule has 0 rings (SSSR count). The molecule has 6 heteroatoms. The van der Waals surface area contributed by atoms with Gasteiger partial charge in [-0.2, -0.15) is 0 Å². The zero-order valence-corrected chi connectivity index (χ0v) is 28.2. The molecule has 0 spiro atoms. The highest BCUT2D eigenvalue weighted by Crippen LogP contribution is 2.14. The molecule has 6 nitrogen and oxygen atoms in total. The Morgan fingerprint density at radius 1 is 0.452 bits per heavy atom. The molecule has 42 heavy (non-hydrogen) atoms. The van der Waals surface area contributed by atoms with Crippen molar-refractivity contribution in [2.45, 2.75) is 194 Å². The number of hydrogen-bond acceptors (Lipinski definition) is 6. The van der Waals surface area contributed by atoms with Crippen molar-refractivity contribution in [1.29, 1.82) is 0 Å². The molecule has 0 saturated carbocycles. The fourth-order valence-electron chi connectivity index (χ4n) is 5.04. The van der Waals surface area contributed by atoms with E-state index in [0.29, 0.717) is 19.3 Å². The van der Waals surface area contributed by atoms with Gasteiger partial charge in [-0.25, -0.2) is 0 Å². The van der Waals surface area contributed by atoms with E-state index in [4.69, 9.17) is 14.2 Å². The van der Waals surface area contributed by atoms with Crippen molar-refractivity contribution >= 4 is 17.9 Å². The summed E-state index contributed by atoms with van der Waals surface area (Å²) in [6.07, 6.45) is 25.5. The summed E-state index contributed by atoms with van der Waals surface area (Å²) < 4.78 is 16.4. The van der Waals surface area contributed by atoms with Gasteiger partial charge in [0.15, 0.2) is 6.10 Å². The lowest BCUT2D eigenvalue weighted by Crippen LogP contribution is -2.30. The van der Waals surface area contributed by atoms with E-state index in [1.54, 1.807) is 0 Å². The first kappa shape index (κ1) is 40.4. The molecule has 0 N–H and O–H groups in total. The number of ether oxygens (including phenoxy) is 3. The van der Waals surface area contributed by atoms with Gasteiger partial charge in [0.1, 0.15) is 13.2 Å². The van der Waals surface area contributed by atoms with Crippen LogP contribution in [0.3, 0.4) is 0 Å². The molecule has 0 aliphatic heterocycles. The molecule has 0 aliphatic carbocycles. The SMILES string of the molecule is CCCCCCCCCCCC(=O)OC[C@@H](COC(=O)CCCCCCCCCC(C)C)OC(=O)CCCCCCC. The van der Waals surface area contributed by atoms with Gasteiger partial charge in [0.05, 0.1) is 0 Å². The molecule has 0 saturated heterocycles. The van der Waals surface area contributed by atoms with Crippen LogP contribution >= 0.6 is 0 Å². The van der Waals surface area contributed by atoms with Crippen LogP contribution in [0.15, 0.2) is 0 Å². The van der Waals surface area contributed by atoms with E-state index in [1.165, 1.54) is 77.0 Å². The van der Waals surface area contributed by atoms with Crippen LogP contribution in [0.5, 0.6) is 0 Å². The maximum atomic E-state index is 12.4. The highest BCUT2D eigenvalue weighted by Gasteiger charge is 2.19. The highest BCUT2D eigenvalue weighted by molar-refractivity contribution is 5.71. The Balaban J connectivity index is 4.28. The lowest BCUT2D eigenvalue weighted by atomic mass is 10.0. The molecule has 248 valence electrons. The zero-order valence-electron chi connectivity index (χ0n) is 28.2. The Labute approximate surface area is 259 Å². The smallest absolute Gasteiger partial charge is 0.306 e.